The SMILES string of the molecule is O=C(Nc1ccc([N+](=O)[O-])cc1)[C@@H]1[C@@H]2C=C[C@]3(O2)[C@H](C(=O)NCc2ccccc2)N(Cc2ccccc2)C(=O)[C@@H]13. The molecule has 6 rings (SSSR count). The van der Waals surface area contributed by atoms with Crippen molar-refractivity contribution in [3.8, 4) is 0 Å². The molecule has 40 heavy (non-hydrogen) atoms. The number of benzene rings is 3. The Hall–Kier alpha value is -4.83. The van der Waals surface area contributed by atoms with E-state index < -0.39 is 40.4 Å². The summed E-state index contributed by atoms with van der Waals surface area (Å²) in [4.78, 5) is 53.3. The van der Waals surface area contributed by atoms with E-state index in [1.54, 1.807) is 12.2 Å². The third kappa shape index (κ3) is 4.32. The highest BCUT2D eigenvalue weighted by molar-refractivity contribution is 6.02. The molecule has 0 unspecified atom stereocenters. The molecule has 0 aliphatic carbocycles. The number of carbonyl (C=O) groups excluding carboxylic acids is 3. The third-order valence-electron chi connectivity index (χ3n) is 7.78. The van der Waals surface area contributed by atoms with E-state index in [-0.39, 0.29) is 30.6 Å². The second kappa shape index (κ2) is 10.0. The fraction of sp³-hybridized carbons (Fsp3) is 0.233. The maximum atomic E-state index is 14.0. The second-order valence-corrected chi connectivity index (χ2v) is 10.1. The maximum absolute atomic E-state index is 14.0. The summed E-state index contributed by atoms with van der Waals surface area (Å²) >= 11 is 0. The van der Waals surface area contributed by atoms with Crippen LogP contribution in [-0.2, 0) is 32.2 Å². The Balaban J connectivity index is 1.29. The first kappa shape index (κ1) is 25.4. The van der Waals surface area contributed by atoms with Crippen LogP contribution in [0.25, 0.3) is 0 Å². The topological polar surface area (TPSA) is 131 Å². The van der Waals surface area contributed by atoms with E-state index >= 15 is 0 Å². The van der Waals surface area contributed by atoms with Crippen molar-refractivity contribution in [3.63, 3.8) is 0 Å². The van der Waals surface area contributed by atoms with Gasteiger partial charge in [-0.2, -0.15) is 0 Å². The van der Waals surface area contributed by atoms with Gasteiger partial charge in [0.2, 0.25) is 17.7 Å². The standard InChI is InChI=1S/C30H26N4O6/c35-27(32-21-11-13-22(14-12-21)34(38)39)24-23-15-16-30(40-23)25(24)29(37)33(18-20-9-5-2-6-10-20)26(30)28(36)31-17-19-7-3-1-4-8-19/h1-16,23-26H,17-18H2,(H,31,36)(H,32,35)/t23-,24+,25+,26-,30+/m0/s1. The van der Waals surface area contributed by atoms with Crippen LogP contribution in [0.3, 0.4) is 0 Å². The summed E-state index contributed by atoms with van der Waals surface area (Å²) in [6.07, 6.45) is 2.82. The van der Waals surface area contributed by atoms with Crippen molar-refractivity contribution in [3.05, 3.63) is 118 Å². The molecule has 3 aliphatic rings. The lowest BCUT2D eigenvalue weighted by Gasteiger charge is -2.32. The van der Waals surface area contributed by atoms with Gasteiger partial charge in [0.25, 0.3) is 5.69 Å². The van der Waals surface area contributed by atoms with Gasteiger partial charge in [-0.15, -0.1) is 0 Å². The molecule has 2 saturated heterocycles. The highest BCUT2D eigenvalue weighted by Crippen LogP contribution is 2.55. The first-order valence-corrected chi connectivity index (χ1v) is 13.0. The number of likely N-dealkylation sites (tertiary alicyclic amines) is 1. The van der Waals surface area contributed by atoms with E-state index in [9.17, 15) is 24.5 Å². The van der Waals surface area contributed by atoms with E-state index in [0.29, 0.717) is 5.69 Å². The number of rotatable bonds is 8. The summed E-state index contributed by atoms with van der Waals surface area (Å²) in [6, 6.07) is 23.3. The zero-order valence-electron chi connectivity index (χ0n) is 21.3. The Kier molecular flexibility index (Phi) is 6.39. The molecule has 3 heterocycles. The first-order valence-electron chi connectivity index (χ1n) is 13.0. The number of carbonyl (C=O) groups is 3. The van der Waals surface area contributed by atoms with Gasteiger partial charge in [0.1, 0.15) is 11.6 Å². The zero-order chi connectivity index (χ0) is 27.9. The molecule has 2 fully saturated rings. The van der Waals surface area contributed by atoms with Crippen LogP contribution in [0.5, 0.6) is 0 Å². The minimum atomic E-state index is -1.30. The summed E-state index contributed by atoms with van der Waals surface area (Å²) < 4.78 is 6.35. The van der Waals surface area contributed by atoms with Crippen LogP contribution in [-0.4, -0.2) is 45.3 Å². The van der Waals surface area contributed by atoms with Gasteiger partial charge in [-0.25, -0.2) is 0 Å². The molecule has 0 radical (unpaired) electrons. The summed E-state index contributed by atoms with van der Waals surface area (Å²) in [5.74, 6) is -2.93. The molecule has 10 nitrogen and oxygen atoms in total. The van der Waals surface area contributed by atoms with Gasteiger partial charge in [-0.1, -0.05) is 72.8 Å². The van der Waals surface area contributed by atoms with Crippen molar-refractivity contribution in [2.45, 2.75) is 30.8 Å². The smallest absolute Gasteiger partial charge is 0.269 e. The third-order valence-corrected chi connectivity index (χ3v) is 7.78. The summed E-state index contributed by atoms with van der Waals surface area (Å²) in [7, 11) is 0. The Bertz CT molecular complexity index is 1490. The van der Waals surface area contributed by atoms with E-state index in [4.69, 9.17) is 4.74 Å². The van der Waals surface area contributed by atoms with Gasteiger partial charge in [0.15, 0.2) is 0 Å². The molecule has 0 aromatic heterocycles. The molecular formula is C30H26N4O6. The number of hydrogen-bond acceptors (Lipinski definition) is 6. The molecule has 3 aromatic carbocycles. The molecule has 10 heteroatoms. The Labute approximate surface area is 229 Å². The fourth-order valence-electron chi connectivity index (χ4n) is 5.99. The average Bonchev–Trinajstić information content (AvgIpc) is 3.61. The minimum absolute atomic E-state index is 0.102. The summed E-state index contributed by atoms with van der Waals surface area (Å²) in [6.45, 7) is 0.460. The van der Waals surface area contributed by atoms with Crippen molar-refractivity contribution >= 4 is 29.1 Å². The molecule has 3 aliphatic heterocycles. The molecule has 2 N–H and O–H groups in total. The number of nitrogens with zero attached hydrogens (tertiary/aromatic N) is 2. The van der Waals surface area contributed by atoms with Crippen LogP contribution < -0.4 is 10.6 Å². The van der Waals surface area contributed by atoms with Gasteiger partial charge in [0, 0.05) is 30.9 Å². The molecule has 0 saturated carbocycles. The van der Waals surface area contributed by atoms with Crippen LogP contribution in [0.15, 0.2) is 97.1 Å². The Morgan fingerprint density at radius 3 is 2.23 bits per heavy atom. The Morgan fingerprint density at radius 2 is 1.57 bits per heavy atom. The van der Waals surface area contributed by atoms with Crippen LogP contribution in [0, 0.1) is 22.0 Å². The van der Waals surface area contributed by atoms with Crippen molar-refractivity contribution in [2.75, 3.05) is 5.32 Å². The summed E-state index contributed by atoms with van der Waals surface area (Å²) in [5.41, 5.74) is 0.722. The largest absolute Gasteiger partial charge is 0.359 e. The van der Waals surface area contributed by atoms with Gasteiger partial charge in [0.05, 0.1) is 22.9 Å². The lowest BCUT2D eigenvalue weighted by molar-refractivity contribution is -0.384. The number of amides is 3. The number of ether oxygens (including phenoxy) is 1. The van der Waals surface area contributed by atoms with Crippen molar-refractivity contribution in [1.29, 1.82) is 0 Å². The van der Waals surface area contributed by atoms with Gasteiger partial charge >= 0.3 is 0 Å². The number of nitrogens with one attached hydrogen (secondary N) is 2. The second-order valence-electron chi connectivity index (χ2n) is 10.1. The number of hydrogen-bond donors (Lipinski definition) is 2. The maximum Gasteiger partial charge on any atom is 0.269 e. The number of non-ortho nitro benzene ring substituents is 1. The molecule has 5 atom stereocenters. The van der Waals surface area contributed by atoms with Gasteiger partial charge in [-0.3, -0.25) is 24.5 Å². The zero-order valence-corrected chi connectivity index (χ0v) is 21.3. The fourth-order valence-corrected chi connectivity index (χ4v) is 5.99. The average molecular weight is 539 g/mol. The van der Waals surface area contributed by atoms with Gasteiger partial charge < -0.3 is 20.3 Å². The lowest BCUT2D eigenvalue weighted by Crippen LogP contribution is -2.54. The number of nitro benzene ring substituents is 1. The molecule has 2 bridgehead atoms. The monoisotopic (exact) mass is 538 g/mol. The highest BCUT2D eigenvalue weighted by atomic mass is 16.6. The molecular weight excluding hydrogens is 512 g/mol. The predicted molar refractivity (Wildman–Crippen MR) is 145 cm³/mol. The molecule has 1 spiro atoms. The number of fused-ring (bicyclic) bond motifs is 1. The number of anilines is 1. The molecule has 3 aromatic rings. The van der Waals surface area contributed by atoms with E-state index in [2.05, 4.69) is 10.6 Å². The first-order chi connectivity index (χ1) is 19.4. The van der Waals surface area contributed by atoms with Crippen molar-refractivity contribution in [1.82, 2.24) is 10.2 Å². The van der Waals surface area contributed by atoms with E-state index in [1.165, 1.54) is 29.2 Å². The molecule has 3 amide bonds. The van der Waals surface area contributed by atoms with Gasteiger partial charge in [-0.05, 0) is 23.3 Å². The van der Waals surface area contributed by atoms with Crippen molar-refractivity contribution in [2.24, 2.45) is 11.8 Å². The summed E-state index contributed by atoms with van der Waals surface area (Å²) in [5, 5.41) is 16.7. The quantitative estimate of drug-likeness (QED) is 0.257. The minimum Gasteiger partial charge on any atom is -0.359 e. The lowest BCUT2D eigenvalue weighted by atomic mass is 9.74. The Morgan fingerprint density at radius 1 is 0.925 bits per heavy atom. The molecule has 202 valence electrons. The van der Waals surface area contributed by atoms with E-state index in [1.807, 2.05) is 60.7 Å². The normalized spacial score (nSPS) is 26.0. The van der Waals surface area contributed by atoms with Crippen LogP contribution in [0.2, 0.25) is 0 Å². The van der Waals surface area contributed by atoms with Crippen LogP contribution >= 0.6 is 0 Å². The van der Waals surface area contributed by atoms with Crippen molar-refractivity contribution < 1.29 is 24.0 Å². The highest BCUT2D eigenvalue weighted by Gasteiger charge is 2.72. The number of nitro groups is 1. The predicted octanol–water partition coefficient (Wildman–Crippen LogP) is 3.20. The van der Waals surface area contributed by atoms with Crippen LogP contribution in [0.1, 0.15) is 11.1 Å². The van der Waals surface area contributed by atoms with E-state index in [0.717, 1.165) is 11.1 Å². The van der Waals surface area contributed by atoms with Crippen LogP contribution in [0.4, 0.5) is 11.4 Å².